The number of rotatable bonds is 4. The number of benzene rings is 1. The van der Waals surface area contributed by atoms with E-state index in [1.165, 1.54) is 12.7 Å². The maximum absolute atomic E-state index is 12.5. The molecule has 0 aliphatic heterocycles. The van der Waals surface area contributed by atoms with Crippen LogP contribution < -0.4 is 11.1 Å². The van der Waals surface area contributed by atoms with Gasteiger partial charge in [0, 0.05) is 11.7 Å². The summed E-state index contributed by atoms with van der Waals surface area (Å²) in [5.41, 5.74) is 8.18. The SMILES string of the molecule is Cl.Cl.NC1C2CCC(C2)C1C(=O)Nc1ccc(Cn2cncn2)cc1. The zero-order valence-electron chi connectivity index (χ0n) is 13.7. The Kier molecular flexibility index (Phi) is 6.43. The number of hydrogen-bond acceptors (Lipinski definition) is 4. The van der Waals surface area contributed by atoms with E-state index < -0.39 is 0 Å². The Morgan fingerprint density at radius 2 is 1.92 bits per heavy atom. The van der Waals surface area contributed by atoms with Crippen LogP contribution in [0.2, 0.25) is 0 Å². The third-order valence-electron chi connectivity index (χ3n) is 5.32. The lowest BCUT2D eigenvalue weighted by molar-refractivity contribution is -0.121. The number of fused-ring (bicyclic) bond motifs is 2. The van der Waals surface area contributed by atoms with Crippen molar-refractivity contribution < 1.29 is 4.79 Å². The second-order valence-corrected chi connectivity index (χ2v) is 6.72. The molecule has 4 rings (SSSR count). The van der Waals surface area contributed by atoms with Crippen LogP contribution in [0.1, 0.15) is 24.8 Å². The second-order valence-electron chi connectivity index (χ2n) is 6.72. The summed E-state index contributed by atoms with van der Waals surface area (Å²) in [6, 6.07) is 7.89. The average molecular weight is 384 g/mol. The van der Waals surface area contributed by atoms with Gasteiger partial charge in [-0.25, -0.2) is 9.67 Å². The number of nitrogens with one attached hydrogen (secondary N) is 1. The summed E-state index contributed by atoms with van der Waals surface area (Å²) >= 11 is 0. The van der Waals surface area contributed by atoms with Crippen molar-refractivity contribution in [2.75, 3.05) is 5.32 Å². The van der Waals surface area contributed by atoms with Crippen LogP contribution in [0.25, 0.3) is 0 Å². The Bertz CT molecular complexity index is 690. The number of nitrogens with zero attached hydrogens (tertiary/aromatic N) is 3. The Balaban J connectivity index is 0.00000113. The molecule has 1 aromatic heterocycles. The van der Waals surface area contributed by atoms with Crippen molar-refractivity contribution in [3.8, 4) is 0 Å². The van der Waals surface area contributed by atoms with Crippen LogP contribution in [0.3, 0.4) is 0 Å². The lowest BCUT2D eigenvalue weighted by Crippen LogP contribution is -2.42. The van der Waals surface area contributed by atoms with E-state index in [1.807, 2.05) is 24.3 Å². The first-order valence-electron chi connectivity index (χ1n) is 8.18. The van der Waals surface area contributed by atoms with Crippen LogP contribution in [0, 0.1) is 17.8 Å². The van der Waals surface area contributed by atoms with Crippen molar-refractivity contribution >= 4 is 36.4 Å². The van der Waals surface area contributed by atoms with Crippen LogP contribution in [0.5, 0.6) is 0 Å². The van der Waals surface area contributed by atoms with Gasteiger partial charge >= 0.3 is 0 Å². The summed E-state index contributed by atoms with van der Waals surface area (Å²) in [5, 5.41) is 7.12. The highest BCUT2D eigenvalue weighted by Gasteiger charge is 2.49. The molecule has 0 radical (unpaired) electrons. The molecule has 2 saturated carbocycles. The van der Waals surface area contributed by atoms with Gasteiger partial charge in [-0.05, 0) is 48.8 Å². The molecule has 2 aliphatic rings. The molecule has 4 atom stereocenters. The molecular weight excluding hydrogens is 361 g/mol. The molecule has 2 bridgehead atoms. The highest BCUT2D eigenvalue weighted by Crippen LogP contribution is 2.47. The van der Waals surface area contributed by atoms with Crippen LogP contribution in [0.4, 0.5) is 5.69 Å². The van der Waals surface area contributed by atoms with Crippen molar-refractivity contribution in [3.05, 3.63) is 42.5 Å². The number of anilines is 1. The molecule has 1 heterocycles. The summed E-state index contributed by atoms with van der Waals surface area (Å²) in [6.07, 6.45) is 6.66. The van der Waals surface area contributed by atoms with Crippen molar-refractivity contribution in [2.45, 2.75) is 31.8 Å². The summed E-state index contributed by atoms with van der Waals surface area (Å²) in [6.45, 7) is 0.672. The van der Waals surface area contributed by atoms with Gasteiger partial charge in [0.05, 0.1) is 12.5 Å². The molecule has 25 heavy (non-hydrogen) atoms. The van der Waals surface area contributed by atoms with Gasteiger partial charge in [0.1, 0.15) is 12.7 Å². The average Bonchev–Trinajstić information content (AvgIpc) is 3.26. The maximum Gasteiger partial charge on any atom is 0.229 e. The Hall–Kier alpha value is -1.63. The number of aromatic nitrogens is 3. The summed E-state index contributed by atoms with van der Waals surface area (Å²) in [4.78, 5) is 16.5. The number of halogens is 2. The molecule has 1 amide bonds. The minimum absolute atomic E-state index is 0. The lowest BCUT2D eigenvalue weighted by Gasteiger charge is -2.27. The van der Waals surface area contributed by atoms with E-state index in [0.29, 0.717) is 18.4 Å². The number of carbonyl (C=O) groups is 1. The fourth-order valence-electron chi connectivity index (χ4n) is 4.15. The van der Waals surface area contributed by atoms with Crippen LogP contribution in [-0.2, 0) is 11.3 Å². The topological polar surface area (TPSA) is 85.8 Å². The zero-order chi connectivity index (χ0) is 15.8. The van der Waals surface area contributed by atoms with Gasteiger partial charge in [-0.2, -0.15) is 5.10 Å². The number of hydrogen-bond donors (Lipinski definition) is 2. The van der Waals surface area contributed by atoms with Crippen LogP contribution >= 0.6 is 24.8 Å². The van der Waals surface area contributed by atoms with Gasteiger partial charge in [-0.3, -0.25) is 4.79 Å². The third-order valence-corrected chi connectivity index (χ3v) is 5.32. The first-order valence-corrected chi connectivity index (χ1v) is 8.18. The van der Waals surface area contributed by atoms with E-state index in [4.69, 9.17) is 5.73 Å². The van der Waals surface area contributed by atoms with Crippen molar-refractivity contribution in [2.24, 2.45) is 23.5 Å². The monoisotopic (exact) mass is 383 g/mol. The Morgan fingerprint density at radius 1 is 1.20 bits per heavy atom. The largest absolute Gasteiger partial charge is 0.327 e. The first kappa shape index (κ1) is 19.7. The molecule has 3 N–H and O–H groups in total. The second kappa shape index (κ2) is 8.17. The quantitative estimate of drug-likeness (QED) is 0.848. The van der Waals surface area contributed by atoms with Gasteiger partial charge in [0.2, 0.25) is 5.91 Å². The molecule has 0 spiro atoms. The first-order chi connectivity index (χ1) is 11.2. The van der Waals surface area contributed by atoms with E-state index in [0.717, 1.165) is 24.1 Å². The molecule has 136 valence electrons. The molecular formula is C17H23Cl2N5O. The molecule has 2 aliphatic carbocycles. The van der Waals surface area contributed by atoms with E-state index in [-0.39, 0.29) is 42.7 Å². The molecule has 8 heteroatoms. The zero-order valence-corrected chi connectivity index (χ0v) is 15.4. The minimum Gasteiger partial charge on any atom is -0.327 e. The van der Waals surface area contributed by atoms with Gasteiger partial charge in [0.15, 0.2) is 0 Å². The standard InChI is InChI=1S/C17H21N5O.2ClH/c18-16-13-4-3-12(7-13)15(16)17(23)21-14-5-1-11(2-6-14)8-22-10-19-9-20-22;;/h1-2,5-6,9-10,12-13,15-16H,3-4,7-8,18H2,(H,21,23);2*1H. The smallest absolute Gasteiger partial charge is 0.229 e. The van der Waals surface area contributed by atoms with E-state index in [2.05, 4.69) is 15.4 Å². The van der Waals surface area contributed by atoms with Crippen LogP contribution in [-0.4, -0.2) is 26.7 Å². The Labute approximate surface area is 159 Å². The summed E-state index contributed by atoms with van der Waals surface area (Å²) < 4.78 is 1.77. The van der Waals surface area contributed by atoms with Crippen molar-refractivity contribution in [1.29, 1.82) is 0 Å². The summed E-state index contributed by atoms with van der Waals surface area (Å²) in [5.74, 6) is 1.07. The van der Waals surface area contributed by atoms with Gasteiger partial charge in [-0.15, -0.1) is 24.8 Å². The lowest BCUT2D eigenvalue weighted by atomic mass is 9.84. The highest BCUT2D eigenvalue weighted by molar-refractivity contribution is 5.93. The fourth-order valence-corrected chi connectivity index (χ4v) is 4.15. The molecule has 4 unspecified atom stereocenters. The Morgan fingerprint density at radius 3 is 2.52 bits per heavy atom. The van der Waals surface area contributed by atoms with Gasteiger partial charge in [0.25, 0.3) is 0 Å². The normalized spacial score (nSPS) is 26.6. The van der Waals surface area contributed by atoms with E-state index >= 15 is 0 Å². The number of amides is 1. The van der Waals surface area contributed by atoms with Crippen LogP contribution in [0.15, 0.2) is 36.9 Å². The van der Waals surface area contributed by atoms with E-state index in [9.17, 15) is 4.79 Å². The molecule has 2 fully saturated rings. The minimum atomic E-state index is -0.0245. The highest BCUT2D eigenvalue weighted by atomic mass is 35.5. The van der Waals surface area contributed by atoms with E-state index in [1.54, 1.807) is 11.0 Å². The van der Waals surface area contributed by atoms with Crippen molar-refractivity contribution in [1.82, 2.24) is 14.8 Å². The third kappa shape index (κ3) is 3.97. The molecule has 2 aromatic rings. The molecule has 6 nitrogen and oxygen atoms in total. The molecule has 1 aromatic carbocycles. The van der Waals surface area contributed by atoms with Gasteiger partial charge < -0.3 is 11.1 Å². The van der Waals surface area contributed by atoms with Crippen molar-refractivity contribution in [3.63, 3.8) is 0 Å². The summed E-state index contributed by atoms with van der Waals surface area (Å²) in [7, 11) is 0. The van der Waals surface area contributed by atoms with Gasteiger partial charge in [-0.1, -0.05) is 12.1 Å². The predicted molar refractivity (Wildman–Crippen MR) is 101 cm³/mol. The number of nitrogens with two attached hydrogens (primary N) is 1. The predicted octanol–water partition coefficient (Wildman–Crippen LogP) is 2.48. The molecule has 0 saturated heterocycles. The number of carbonyl (C=O) groups excluding carboxylic acids is 1. The maximum atomic E-state index is 12.5. The fraction of sp³-hybridized carbons (Fsp3) is 0.471.